The van der Waals surface area contributed by atoms with Crippen molar-refractivity contribution in [2.24, 2.45) is 0 Å². The van der Waals surface area contributed by atoms with Crippen molar-refractivity contribution in [2.45, 2.75) is 26.7 Å². The molecule has 0 aliphatic rings. The average molecular weight is 421 g/mol. The lowest BCUT2D eigenvalue weighted by molar-refractivity contribution is -0.127. The molecule has 0 heterocycles. The van der Waals surface area contributed by atoms with Gasteiger partial charge in [-0.25, -0.2) is 0 Å². The summed E-state index contributed by atoms with van der Waals surface area (Å²) < 4.78 is 0. The van der Waals surface area contributed by atoms with Gasteiger partial charge >= 0.3 is 0 Å². The van der Waals surface area contributed by atoms with Crippen molar-refractivity contribution in [3.63, 3.8) is 0 Å². The van der Waals surface area contributed by atoms with Gasteiger partial charge < -0.3 is 4.90 Å². The van der Waals surface area contributed by atoms with E-state index in [2.05, 4.69) is 19.7 Å². The third-order valence-electron chi connectivity index (χ3n) is 3.53. The molecule has 0 bridgehead atoms. The van der Waals surface area contributed by atoms with Crippen LogP contribution in [0.4, 0.5) is 0 Å². The summed E-state index contributed by atoms with van der Waals surface area (Å²) >= 11 is 4.65. The molecule has 0 aliphatic carbocycles. The van der Waals surface area contributed by atoms with Crippen LogP contribution in [0, 0.1) is 12.3 Å². The highest BCUT2D eigenvalue weighted by atomic mass is 32.2. The molecule has 0 atom stereocenters. The molecule has 146 valence electrons. The second-order valence-corrected chi connectivity index (χ2v) is 9.90. The topological polar surface area (TPSA) is 44.2 Å². The van der Waals surface area contributed by atoms with Gasteiger partial charge in [-0.15, -0.1) is 0 Å². The van der Waals surface area contributed by atoms with E-state index in [1.54, 1.807) is 30.6 Å². The van der Waals surface area contributed by atoms with Crippen LogP contribution in [0.15, 0.2) is 58.8 Å². The maximum Gasteiger partial charge on any atom is 0.231 e. The second kappa shape index (κ2) is 12.2. The number of nitrogens with one attached hydrogen (secondary N) is 1. The minimum Gasteiger partial charge on any atom is -0.310 e. The molecule has 3 nitrogen and oxygen atoms in total. The highest BCUT2D eigenvalue weighted by Gasteiger charge is 2.14. The van der Waals surface area contributed by atoms with Crippen molar-refractivity contribution >= 4 is 46.2 Å². The van der Waals surface area contributed by atoms with Crippen LogP contribution >= 0.6 is 35.3 Å². The van der Waals surface area contributed by atoms with Gasteiger partial charge in [0, 0.05) is 12.8 Å². The van der Waals surface area contributed by atoms with E-state index in [1.807, 2.05) is 31.2 Å². The molecule has 1 N–H and O–H groups in total. The molecule has 0 saturated heterocycles. The Morgan fingerprint density at radius 2 is 1.89 bits per heavy atom. The molecule has 0 aliphatic heterocycles. The molecular weight excluding hydrogens is 392 g/mol. The molecule has 0 fully saturated rings. The molecule has 0 spiro atoms. The van der Waals surface area contributed by atoms with Crippen LogP contribution < -0.4 is 0 Å². The Hall–Kier alpha value is -1.37. The number of benzene rings is 1. The Labute approximate surface area is 176 Å². The Balaban J connectivity index is 2.34. The van der Waals surface area contributed by atoms with Crippen molar-refractivity contribution in [2.75, 3.05) is 18.6 Å². The number of carbonyl (C=O) groups excluding carboxylic acids is 1. The lowest BCUT2D eigenvalue weighted by Crippen LogP contribution is -2.26. The number of thioether (sulfide) groups is 3. The number of hydrogen-bond acceptors (Lipinski definition) is 5. The van der Waals surface area contributed by atoms with Gasteiger partial charge in [-0.05, 0) is 41.4 Å². The minimum atomic E-state index is 0.0237. The summed E-state index contributed by atoms with van der Waals surface area (Å²) in [7, 11) is 1.76. The molecule has 0 aromatic heterocycles. The summed E-state index contributed by atoms with van der Waals surface area (Å²) in [4.78, 5) is 16.1. The average Bonchev–Trinajstić information content (AvgIpc) is 2.57. The number of hydrogen-bond donors (Lipinski definition) is 1. The van der Waals surface area contributed by atoms with Gasteiger partial charge in [-0.1, -0.05) is 73.1 Å². The van der Waals surface area contributed by atoms with Gasteiger partial charge in [0.15, 0.2) is 0 Å². The van der Waals surface area contributed by atoms with Crippen molar-refractivity contribution in [3.05, 3.63) is 70.0 Å². The predicted molar refractivity (Wildman–Crippen MR) is 126 cm³/mol. The zero-order chi connectivity index (χ0) is 20.4. The lowest BCUT2D eigenvalue weighted by atomic mass is 10.1. The zero-order valence-electron chi connectivity index (χ0n) is 16.3. The van der Waals surface area contributed by atoms with E-state index in [0.717, 1.165) is 38.9 Å². The van der Waals surface area contributed by atoms with Gasteiger partial charge in [-0.2, -0.15) is 11.8 Å². The smallest absolute Gasteiger partial charge is 0.231 e. The van der Waals surface area contributed by atoms with E-state index < -0.39 is 0 Å². The molecule has 0 unspecified atom stereocenters. The van der Waals surface area contributed by atoms with Crippen LogP contribution in [-0.2, 0) is 11.2 Å². The first kappa shape index (κ1) is 23.7. The largest absolute Gasteiger partial charge is 0.310 e. The minimum absolute atomic E-state index is 0.0237. The first-order valence-corrected chi connectivity index (χ1v) is 11.3. The monoisotopic (exact) mass is 420 g/mol. The number of likely N-dealkylation sites (N-methyl/N-ethyl adjacent to an activating group) is 1. The molecule has 0 saturated carbocycles. The van der Waals surface area contributed by atoms with Crippen LogP contribution in [0.1, 0.15) is 24.5 Å². The third kappa shape index (κ3) is 9.94. The van der Waals surface area contributed by atoms with Crippen LogP contribution in [0.5, 0.6) is 0 Å². The third-order valence-corrected chi connectivity index (χ3v) is 6.50. The van der Waals surface area contributed by atoms with Crippen molar-refractivity contribution in [1.82, 2.24) is 4.90 Å². The molecular formula is C21H28N2OS3. The molecule has 27 heavy (non-hydrogen) atoms. The van der Waals surface area contributed by atoms with Gasteiger partial charge in [-0.3, -0.25) is 10.2 Å². The molecule has 6 heteroatoms. The van der Waals surface area contributed by atoms with E-state index >= 15 is 0 Å². The summed E-state index contributed by atoms with van der Waals surface area (Å²) in [6, 6.07) is 7.99. The second-order valence-electron chi connectivity index (χ2n) is 6.15. The number of amides is 1. The normalized spacial score (nSPS) is 10.3. The molecule has 1 aromatic rings. The van der Waals surface area contributed by atoms with Crippen molar-refractivity contribution < 1.29 is 4.79 Å². The van der Waals surface area contributed by atoms with E-state index in [1.165, 1.54) is 23.5 Å². The molecule has 0 radical (unpaired) electrons. The number of aryl methyl sites for hydroxylation is 1. The highest BCUT2D eigenvalue weighted by molar-refractivity contribution is 8.17. The SMILES string of the molecule is C=C(CCSCC(=C)SC(C)=N)SC(=C)N(C)C(=O)Cc1cccc(C)c1. The lowest BCUT2D eigenvalue weighted by Gasteiger charge is -2.20. The van der Waals surface area contributed by atoms with Crippen molar-refractivity contribution in [3.8, 4) is 0 Å². The fourth-order valence-electron chi connectivity index (χ4n) is 2.16. The summed E-state index contributed by atoms with van der Waals surface area (Å²) in [5.74, 6) is 1.78. The van der Waals surface area contributed by atoms with Gasteiger partial charge in [0.05, 0.1) is 16.5 Å². The van der Waals surface area contributed by atoms with Gasteiger partial charge in [0.25, 0.3) is 0 Å². The van der Waals surface area contributed by atoms with E-state index in [-0.39, 0.29) is 5.91 Å². The van der Waals surface area contributed by atoms with Gasteiger partial charge in [0.2, 0.25) is 5.91 Å². The van der Waals surface area contributed by atoms with E-state index in [0.29, 0.717) is 16.5 Å². The molecule has 1 amide bonds. The van der Waals surface area contributed by atoms with E-state index in [9.17, 15) is 4.79 Å². The standard InChI is InChI=1S/C21H28N2OS3/c1-15-8-7-9-20(12-15)13-21(24)23(6)19(5)27-16(2)10-11-25-14-17(3)26-18(4)22/h7-9,12,22H,2-3,5,10-11,13-14H2,1,4,6H3. The van der Waals surface area contributed by atoms with Crippen LogP contribution in [0.3, 0.4) is 0 Å². The Kier molecular flexibility index (Phi) is 10.7. The fourth-order valence-corrected chi connectivity index (χ4v) is 4.75. The number of allylic oxidation sites excluding steroid dienone is 1. The quantitative estimate of drug-likeness (QED) is 0.268. The predicted octanol–water partition coefficient (Wildman–Crippen LogP) is 6.08. The number of rotatable bonds is 11. The number of carbonyl (C=O) groups is 1. The Morgan fingerprint density at radius 1 is 1.19 bits per heavy atom. The summed E-state index contributed by atoms with van der Waals surface area (Å²) in [5, 5.41) is 8.70. The Bertz CT molecular complexity index is 728. The zero-order valence-corrected chi connectivity index (χ0v) is 18.8. The fraction of sp³-hybridized carbons (Fsp3) is 0.333. The number of nitrogens with zero attached hydrogens (tertiary/aromatic N) is 1. The summed E-state index contributed by atoms with van der Waals surface area (Å²) in [5.41, 5.74) is 2.16. The molecule has 1 aromatic carbocycles. The maximum absolute atomic E-state index is 12.5. The van der Waals surface area contributed by atoms with Gasteiger partial charge in [0.1, 0.15) is 0 Å². The first-order chi connectivity index (χ1) is 12.7. The summed E-state index contributed by atoms with van der Waals surface area (Å²) in [6.45, 7) is 15.9. The summed E-state index contributed by atoms with van der Waals surface area (Å²) in [6.07, 6.45) is 1.21. The highest BCUT2D eigenvalue weighted by Crippen LogP contribution is 2.29. The molecule has 1 rings (SSSR count). The maximum atomic E-state index is 12.5. The van der Waals surface area contributed by atoms with Crippen LogP contribution in [0.2, 0.25) is 0 Å². The van der Waals surface area contributed by atoms with Crippen LogP contribution in [0.25, 0.3) is 0 Å². The van der Waals surface area contributed by atoms with Crippen LogP contribution in [-0.4, -0.2) is 34.4 Å². The first-order valence-electron chi connectivity index (χ1n) is 8.54. The van der Waals surface area contributed by atoms with E-state index in [4.69, 9.17) is 5.41 Å². The van der Waals surface area contributed by atoms with Crippen molar-refractivity contribution in [1.29, 1.82) is 5.41 Å². The Morgan fingerprint density at radius 3 is 2.52 bits per heavy atom.